The third-order valence-corrected chi connectivity index (χ3v) is 4.50. The molecule has 0 aliphatic heterocycles. The molecule has 0 unspecified atom stereocenters. The number of hydrazine groups is 4. The zero-order chi connectivity index (χ0) is 7.33. The second-order valence-corrected chi connectivity index (χ2v) is 6.90. The van der Waals surface area contributed by atoms with Gasteiger partial charge in [-0.15, -0.1) is 0 Å². The molecule has 0 heterocycles. The molecule has 8 nitrogen and oxygen atoms in total. The fourth-order valence-corrected chi connectivity index (χ4v) is 1.30. The van der Waals surface area contributed by atoms with Crippen LogP contribution in [-0.2, 0) is 0 Å². The molecular formula is H12GeN8. The van der Waals surface area contributed by atoms with Crippen LogP contribution in [0.25, 0.3) is 0 Å². The van der Waals surface area contributed by atoms with Gasteiger partial charge in [-0.3, -0.25) is 0 Å². The first-order valence-electron chi connectivity index (χ1n) is 2.15. The SMILES string of the molecule is N[NH][Ge]([NH]N)([NH]N)[NH]N. The third kappa shape index (κ3) is 2.13. The summed E-state index contributed by atoms with van der Waals surface area (Å²) in [5.74, 6) is 20.2. The van der Waals surface area contributed by atoms with Crippen LogP contribution in [0.1, 0.15) is 0 Å². The molecule has 56 valence electrons. The molecule has 0 saturated carbocycles. The van der Waals surface area contributed by atoms with Gasteiger partial charge in [0.1, 0.15) is 0 Å². The molecule has 12 N–H and O–H groups in total. The van der Waals surface area contributed by atoms with Crippen LogP contribution in [0, 0.1) is 0 Å². The average Bonchev–Trinajstić information content (AvgIpc) is 1.95. The standard InChI is InChI=1S/GeH12N8/c2-6-1(7-3,8-4)9-5/h6-9H,2-5H2. The van der Waals surface area contributed by atoms with Gasteiger partial charge < -0.3 is 0 Å². The first kappa shape index (κ1) is 9.22. The van der Waals surface area contributed by atoms with Crippen LogP contribution < -0.4 is 40.9 Å². The minimum absolute atomic E-state index is 2.34. The molecule has 0 aromatic carbocycles. The van der Waals surface area contributed by atoms with Crippen molar-refractivity contribution >= 4 is 14.2 Å². The molecule has 0 atom stereocenters. The van der Waals surface area contributed by atoms with Crippen LogP contribution in [0.5, 0.6) is 0 Å². The average molecular weight is 197 g/mol. The number of hydrogen-bond acceptors (Lipinski definition) is 8. The van der Waals surface area contributed by atoms with Gasteiger partial charge in [0.15, 0.2) is 0 Å². The van der Waals surface area contributed by atoms with Gasteiger partial charge in [0.05, 0.1) is 0 Å². The van der Waals surface area contributed by atoms with Crippen molar-refractivity contribution < 1.29 is 0 Å². The van der Waals surface area contributed by atoms with Crippen molar-refractivity contribution in [2.45, 2.75) is 0 Å². The van der Waals surface area contributed by atoms with E-state index in [4.69, 9.17) is 23.4 Å². The van der Waals surface area contributed by atoms with Crippen molar-refractivity contribution in [1.29, 1.82) is 0 Å². The van der Waals surface area contributed by atoms with Gasteiger partial charge in [-0.1, -0.05) is 0 Å². The Bertz CT molecular complexity index is 47.5. The van der Waals surface area contributed by atoms with Gasteiger partial charge in [-0.25, -0.2) is 0 Å². The summed E-state index contributed by atoms with van der Waals surface area (Å²) in [5, 5.41) is 0. The van der Waals surface area contributed by atoms with E-state index < -0.39 is 14.2 Å². The Morgan fingerprint density at radius 3 is 0.889 bits per heavy atom. The number of nitrogens with two attached hydrogens (primary N) is 4. The molecule has 0 rings (SSSR count). The molecule has 0 radical (unpaired) electrons. The van der Waals surface area contributed by atoms with E-state index in [0.717, 1.165) is 0 Å². The van der Waals surface area contributed by atoms with Gasteiger partial charge in [0.25, 0.3) is 0 Å². The van der Waals surface area contributed by atoms with E-state index >= 15 is 0 Å². The van der Waals surface area contributed by atoms with Crippen LogP contribution in [0.2, 0.25) is 0 Å². The van der Waals surface area contributed by atoms with Crippen LogP contribution in [0.3, 0.4) is 0 Å². The van der Waals surface area contributed by atoms with Gasteiger partial charge in [-0.2, -0.15) is 0 Å². The van der Waals surface area contributed by atoms with Gasteiger partial charge >= 0.3 is 55.1 Å². The molecule has 0 fully saturated rings. The topological polar surface area (TPSA) is 152 Å². The summed E-state index contributed by atoms with van der Waals surface area (Å²) in [6.45, 7) is 0. The Hall–Kier alpha value is 0.223. The van der Waals surface area contributed by atoms with E-state index in [1.54, 1.807) is 0 Å². The van der Waals surface area contributed by atoms with Crippen molar-refractivity contribution in [2.75, 3.05) is 0 Å². The van der Waals surface area contributed by atoms with Gasteiger partial charge in [0, 0.05) is 0 Å². The summed E-state index contributed by atoms with van der Waals surface area (Å²) in [6, 6.07) is 0. The Labute approximate surface area is 55.8 Å². The first-order valence-corrected chi connectivity index (χ1v) is 6.35. The zero-order valence-electron chi connectivity index (χ0n) is 4.81. The van der Waals surface area contributed by atoms with Crippen molar-refractivity contribution in [3.63, 3.8) is 0 Å². The van der Waals surface area contributed by atoms with Crippen LogP contribution in [0.15, 0.2) is 0 Å². The van der Waals surface area contributed by atoms with Gasteiger partial charge in [0.2, 0.25) is 0 Å². The Morgan fingerprint density at radius 1 is 0.667 bits per heavy atom. The van der Waals surface area contributed by atoms with Crippen LogP contribution in [0.4, 0.5) is 0 Å². The quantitative estimate of drug-likeness (QED) is 0.127. The maximum absolute atomic E-state index is 5.05. The van der Waals surface area contributed by atoms with E-state index in [1.807, 2.05) is 0 Å². The van der Waals surface area contributed by atoms with E-state index in [9.17, 15) is 0 Å². The molecule has 0 aliphatic rings. The van der Waals surface area contributed by atoms with Crippen LogP contribution >= 0.6 is 0 Å². The number of nitrogens with one attached hydrogen (secondary N) is 4. The molecule has 0 bridgehead atoms. The molecule has 0 aromatic heterocycles. The Morgan fingerprint density at radius 2 is 0.889 bits per heavy atom. The summed E-state index contributed by atoms with van der Waals surface area (Å²) in [6.07, 6.45) is 0. The zero-order valence-corrected chi connectivity index (χ0v) is 6.91. The third-order valence-electron chi connectivity index (χ3n) is 0.866. The maximum atomic E-state index is 5.05. The monoisotopic (exact) mass is 198 g/mol. The predicted molar refractivity (Wildman–Crippen MR) is 35.0 cm³/mol. The summed E-state index contributed by atoms with van der Waals surface area (Å²) >= 11 is -3.06. The fraction of sp³-hybridized carbons (Fsp3) is 0. The molecule has 0 saturated heterocycles. The summed E-state index contributed by atoms with van der Waals surface area (Å²) in [7, 11) is 0. The molecule has 9 heavy (non-hydrogen) atoms. The number of hydrogen-bond donors (Lipinski definition) is 8. The molecule has 0 amide bonds. The molecule has 0 aromatic rings. The second-order valence-electron chi connectivity index (χ2n) is 1.33. The fourth-order valence-electron chi connectivity index (χ4n) is 0.250. The molecule has 9 heteroatoms. The molecular weight excluding hydrogens is 185 g/mol. The molecule has 0 aliphatic carbocycles. The first-order chi connectivity index (χ1) is 4.24. The van der Waals surface area contributed by atoms with E-state index in [0.29, 0.717) is 0 Å². The Kier molecular flexibility index (Phi) is 4.21. The summed E-state index contributed by atoms with van der Waals surface area (Å²) < 4.78 is 9.38. The normalized spacial score (nSPS) is 12.0. The minimum atomic E-state index is -3.06. The van der Waals surface area contributed by atoms with Crippen molar-refractivity contribution in [3.8, 4) is 0 Å². The predicted octanol–water partition coefficient (Wildman–Crippen LogP) is -4.72. The van der Waals surface area contributed by atoms with Crippen molar-refractivity contribution in [1.82, 2.24) is 17.5 Å². The summed E-state index contributed by atoms with van der Waals surface area (Å²) in [4.78, 5) is 0. The second kappa shape index (κ2) is 4.10. The van der Waals surface area contributed by atoms with E-state index in [2.05, 4.69) is 17.5 Å². The molecule has 0 spiro atoms. The van der Waals surface area contributed by atoms with E-state index in [-0.39, 0.29) is 0 Å². The summed E-state index contributed by atoms with van der Waals surface area (Å²) in [5.41, 5.74) is 0. The van der Waals surface area contributed by atoms with Crippen LogP contribution in [-0.4, -0.2) is 14.2 Å². The number of rotatable bonds is 4. The van der Waals surface area contributed by atoms with Crippen molar-refractivity contribution in [2.24, 2.45) is 23.4 Å². The van der Waals surface area contributed by atoms with Crippen molar-refractivity contribution in [3.05, 3.63) is 0 Å². The Balaban J connectivity index is 3.82. The van der Waals surface area contributed by atoms with E-state index in [1.165, 1.54) is 0 Å². The van der Waals surface area contributed by atoms with Gasteiger partial charge in [-0.05, 0) is 0 Å².